The van der Waals surface area contributed by atoms with Gasteiger partial charge in [-0.05, 0) is 31.2 Å². The number of hydrogen-bond donors (Lipinski definition) is 0. The smallest absolute Gasteiger partial charge is 0.308 e. The van der Waals surface area contributed by atoms with Gasteiger partial charge in [0.2, 0.25) is 5.91 Å². The number of piperazine rings is 1. The number of likely N-dealkylation sites (tertiary alicyclic amines) is 2. The number of carbonyl (C=O) groups is 3. The van der Waals surface area contributed by atoms with Gasteiger partial charge >= 0.3 is 5.97 Å². The van der Waals surface area contributed by atoms with E-state index in [0.29, 0.717) is 25.9 Å². The maximum Gasteiger partial charge on any atom is 0.308 e. The van der Waals surface area contributed by atoms with Gasteiger partial charge in [-0.2, -0.15) is 0 Å². The summed E-state index contributed by atoms with van der Waals surface area (Å²) in [6.07, 6.45) is 2.21. The van der Waals surface area contributed by atoms with Crippen molar-refractivity contribution in [3.8, 4) is 0 Å². The van der Waals surface area contributed by atoms with E-state index < -0.39 is 6.10 Å². The third kappa shape index (κ3) is 3.64. The minimum atomic E-state index is -0.615. The molecule has 0 spiro atoms. The average molecular weight is 400 g/mol. The van der Waals surface area contributed by atoms with Crippen molar-refractivity contribution in [1.29, 1.82) is 0 Å². The van der Waals surface area contributed by atoms with Crippen LogP contribution in [-0.2, 0) is 23.9 Å². The van der Waals surface area contributed by atoms with E-state index >= 15 is 0 Å². The molecule has 2 heterocycles. The molecule has 1 aliphatic carbocycles. The van der Waals surface area contributed by atoms with Crippen LogP contribution in [0.3, 0.4) is 0 Å². The zero-order valence-corrected chi connectivity index (χ0v) is 17.0. The van der Waals surface area contributed by atoms with E-state index in [1.807, 2.05) is 40.1 Å². The van der Waals surface area contributed by atoms with Gasteiger partial charge in [0, 0.05) is 26.1 Å². The summed E-state index contributed by atoms with van der Waals surface area (Å²) in [7, 11) is 2.95. The molecule has 7 nitrogen and oxygen atoms in total. The van der Waals surface area contributed by atoms with Gasteiger partial charge < -0.3 is 19.3 Å². The van der Waals surface area contributed by atoms with Gasteiger partial charge in [0.25, 0.3) is 5.91 Å². The van der Waals surface area contributed by atoms with Crippen LogP contribution in [0.25, 0.3) is 0 Å². The van der Waals surface area contributed by atoms with Gasteiger partial charge in [0.15, 0.2) is 6.10 Å². The average Bonchev–Trinajstić information content (AvgIpc) is 3.49. The van der Waals surface area contributed by atoms with Crippen LogP contribution in [0.1, 0.15) is 37.4 Å². The number of hydrogen-bond acceptors (Lipinski definition) is 5. The van der Waals surface area contributed by atoms with Gasteiger partial charge in [-0.25, -0.2) is 0 Å². The third-order valence-corrected chi connectivity index (χ3v) is 6.69. The first-order chi connectivity index (χ1) is 14.0. The van der Waals surface area contributed by atoms with Crippen LogP contribution in [-0.4, -0.2) is 67.0 Å². The molecule has 156 valence electrons. The van der Waals surface area contributed by atoms with Crippen molar-refractivity contribution in [2.45, 2.75) is 43.9 Å². The fourth-order valence-corrected chi connectivity index (χ4v) is 5.19. The zero-order valence-electron chi connectivity index (χ0n) is 17.0. The summed E-state index contributed by atoms with van der Waals surface area (Å²) in [5.41, 5.74) is 0.843. The van der Waals surface area contributed by atoms with Gasteiger partial charge in [-0.3, -0.25) is 14.4 Å². The van der Waals surface area contributed by atoms with Crippen LogP contribution in [0.2, 0.25) is 0 Å². The van der Waals surface area contributed by atoms with Crippen molar-refractivity contribution < 1.29 is 23.9 Å². The SMILES string of the molecule is COC(=O)[C@H]1CC[C@@H](C(=O)N2C[C@@H]3C[C@@H]2CN3C(=O)[C@@H](OC)c2ccccc2)C1. The lowest BCUT2D eigenvalue weighted by molar-refractivity contribution is -0.149. The highest BCUT2D eigenvalue weighted by Gasteiger charge is 2.50. The maximum atomic E-state index is 13.1. The van der Waals surface area contributed by atoms with Crippen molar-refractivity contribution in [1.82, 2.24) is 9.80 Å². The zero-order chi connectivity index (χ0) is 20.5. The molecule has 0 radical (unpaired) electrons. The predicted molar refractivity (Wildman–Crippen MR) is 105 cm³/mol. The quantitative estimate of drug-likeness (QED) is 0.704. The second kappa shape index (κ2) is 8.14. The lowest BCUT2D eigenvalue weighted by Gasteiger charge is -2.36. The molecule has 7 heteroatoms. The first kappa shape index (κ1) is 19.9. The molecule has 5 atom stereocenters. The van der Waals surface area contributed by atoms with Crippen molar-refractivity contribution in [3.05, 3.63) is 35.9 Å². The molecule has 1 saturated carbocycles. The first-order valence-corrected chi connectivity index (χ1v) is 10.3. The van der Waals surface area contributed by atoms with Gasteiger partial charge in [0.1, 0.15) is 0 Å². The first-order valence-electron chi connectivity index (χ1n) is 10.3. The molecular formula is C22H28N2O5. The van der Waals surface area contributed by atoms with Crippen molar-refractivity contribution in [3.63, 3.8) is 0 Å². The van der Waals surface area contributed by atoms with E-state index in [1.54, 1.807) is 7.11 Å². The Morgan fingerprint density at radius 1 is 0.931 bits per heavy atom. The molecule has 0 N–H and O–H groups in total. The van der Waals surface area contributed by atoms with E-state index in [9.17, 15) is 14.4 Å². The minimum absolute atomic E-state index is 0.0371. The molecule has 1 aromatic rings. The number of nitrogens with zero attached hydrogens (tertiary/aromatic N) is 2. The fraction of sp³-hybridized carbons (Fsp3) is 0.591. The van der Waals surface area contributed by atoms with Crippen LogP contribution in [0, 0.1) is 11.8 Å². The van der Waals surface area contributed by atoms with E-state index in [2.05, 4.69) is 0 Å². The number of esters is 1. The Bertz CT molecular complexity index is 783. The monoisotopic (exact) mass is 400 g/mol. The Balaban J connectivity index is 1.38. The largest absolute Gasteiger partial charge is 0.469 e. The van der Waals surface area contributed by atoms with Crippen molar-refractivity contribution >= 4 is 17.8 Å². The maximum absolute atomic E-state index is 13.1. The van der Waals surface area contributed by atoms with Gasteiger partial charge in [0.05, 0.1) is 25.1 Å². The molecule has 1 aromatic carbocycles. The summed E-state index contributed by atoms with van der Waals surface area (Å²) in [4.78, 5) is 41.7. The van der Waals surface area contributed by atoms with Crippen molar-refractivity contribution in [2.75, 3.05) is 27.3 Å². The summed E-state index contributed by atoms with van der Waals surface area (Å²) in [6.45, 7) is 1.12. The van der Waals surface area contributed by atoms with Crippen LogP contribution in [0.4, 0.5) is 0 Å². The van der Waals surface area contributed by atoms with Gasteiger partial charge in [-0.1, -0.05) is 30.3 Å². The van der Waals surface area contributed by atoms with E-state index in [4.69, 9.17) is 9.47 Å². The Kier molecular flexibility index (Phi) is 5.58. The highest BCUT2D eigenvalue weighted by atomic mass is 16.5. The van der Waals surface area contributed by atoms with Crippen LogP contribution >= 0.6 is 0 Å². The summed E-state index contributed by atoms with van der Waals surface area (Å²) in [5, 5.41) is 0. The minimum Gasteiger partial charge on any atom is -0.469 e. The number of carbonyl (C=O) groups excluding carboxylic acids is 3. The van der Waals surface area contributed by atoms with Crippen molar-refractivity contribution in [2.24, 2.45) is 11.8 Å². The molecule has 2 bridgehead atoms. The Hall–Kier alpha value is -2.41. The predicted octanol–water partition coefficient (Wildman–Crippen LogP) is 1.78. The summed E-state index contributed by atoms with van der Waals surface area (Å²) in [5.74, 6) is -0.405. The Labute approximate surface area is 170 Å². The molecule has 29 heavy (non-hydrogen) atoms. The number of methoxy groups -OCH3 is 2. The molecule has 2 aliphatic heterocycles. The molecule has 3 fully saturated rings. The summed E-state index contributed by atoms with van der Waals surface area (Å²) >= 11 is 0. The normalized spacial score (nSPS) is 29.2. The number of amides is 2. The van der Waals surface area contributed by atoms with Crippen LogP contribution in [0.15, 0.2) is 30.3 Å². The number of ether oxygens (including phenoxy) is 2. The highest BCUT2D eigenvalue weighted by molar-refractivity contribution is 5.85. The summed E-state index contributed by atoms with van der Waals surface area (Å²) < 4.78 is 10.3. The molecule has 2 saturated heterocycles. The Morgan fingerprint density at radius 2 is 1.59 bits per heavy atom. The molecule has 0 aromatic heterocycles. The van der Waals surface area contributed by atoms with E-state index in [0.717, 1.165) is 18.4 Å². The number of fused-ring (bicyclic) bond motifs is 2. The molecule has 3 aliphatic rings. The lowest BCUT2D eigenvalue weighted by atomic mass is 10.0. The van der Waals surface area contributed by atoms with Crippen LogP contribution in [0.5, 0.6) is 0 Å². The summed E-state index contributed by atoms with van der Waals surface area (Å²) in [6, 6.07) is 9.60. The second-order valence-corrected chi connectivity index (χ2v) is 8.28. The molecule has 4 rings (SSSR count). The Morgan fingerprint density at radius 3 is 2.21 bits per heavy atom. The van der Waals surface area contributed by atoms with Gasteiger partial charge in [-0.15, -0.1) is 0 Å². The fourth-order valence-electron chi connectivity index (χ4n) is 5.19. The topological polar surface area (TPSA) is 76.2 Å². The molecule has 0 unspecified atom stereocenters. The second-order valence-electron chi connectivity index (χ2n) is 8.28. The number of rotatable bonds is 5. The highest BCUT2D eigenvalue weighted by Crippen LogP contribution is 2.38. The third-order valence-electron chi connectivity index (χ3n) is 6.69. The van der Waals surface area contributed by atoms with E-state index in [1.165, 1.54) is 7.11 Å². The van der Waals surface area contributed by atoms with E-state index in [-0.39, 0.29) is 41.7 Å². The standard InChI is InChI=1S/C22H28N2O5/c1-28-19(14-6-4-3-5-7-14)21(26)24-13-17-11-18(24)12-23(17)20(25)15-8-9-16(10-15)22(27)29-2/h3-7,15-19H,8-13H2,1-2H3/t15-,16+,17-,18+,19+/m1/s1. The molecule has 2 amide bonds. The number of benzene rings is 1. The molecular weight excluding hydrogens is 372 g/mol. The lowest BCUT2D eigenvalue weighted by Crippen LogP contribution is -2.52. The van der Waals surface area contributed by atoms with Crippen LogP contribution < -0.4 is 0 Å².